The number of ether oxygens (including phenoxy) is 1. The lowest BCUT2D eigenvalue weighted by Gasteiger charge is -2.19. The lowest BCUT2D eigenvalue weighted by Crippen LogP contribution is -2.38. The van der Waals surface area contributed by atoms with Gasteiger partial charge in [-0.1, -0.05) is 30.3 Å². The number of methoxy groups -OCH3 is 1. The Balaban J connectivity index is 1.49. The maximum Gasteiger partial charge on any atom is 0.252 e. The van der Waals surface area contributed by atoms with Crippen molar-refractivity contribution in [2.75, 3.05) is 20.2 Å². The molecule has 31 heavy (non-hydrogen) atoms. The number of amides is 2. The van der Waals surface area contributed by atoms with E-state index < -0.39 is 0 Å². The van der Waals surface area contributed by atoms with Crippen molar-refractivity contribution in [1.29, 1.82) is 0 Å². The largest absolute Gasteiger partial charge is 0.497 e. The number of nitrogens with one attached hydrogen (secondary N) is 3. The van der Waals surface area contributed by atoms with Gasteiger partial charge in [-0.15, -0.1) is 0 Å². The molecular formula is C24H23N3O3S. The number of aromatic nitrogens is 1. The van der Waals surface area contributed by atoms with Crippen LogP contribution in [0.2, 0.25) is 0 Å². The van der Waals surface area contributed by atoms with Crippen LogP contribution in [0.5, 0.6) is 5.75 Å². The molecule has 0 fully saturated rings. The van der Waals surface area contributed by atoms with Gasteiger partial charge in [0.2, 0.25) is 5.91 Å². The Bertz CT molecular complexity index is 1170. The van der Waals surface area contributed by atoms with Crippen molar-refractivity contribution in [3.05, 3.63) is 88.2 Å². The number of para-hydroxylation sites is 1. The van der Waals surface area contributed by atoms with Crippen LogP contribution < -0.4 is 15.4 Å². The smallest absolute Gasteiger partial charge is 0.252 e. The zero-order valence-electron chi connectivity index (χ0n) is 17.1. The van der Waals surface area contributed by atoms with E-state index in [0.717, 1.165) is 27.8 Å². The molecule has 158 valence electrons. The first-order chi connectivity index (χ1) is 15.2. The molecule has 7 heteroatoms. The Kier molecular flexibility index (Phi) is 6.33. The summed E-state index contributed by atoms with van der Waals surface area (Å²) in [6.45, 7) is 0.333. The van der Waals surface area contributed by atoms with E-state index in [1.54, 1.807) is 18.6 Å². The maximum absolute atomic E-state index is 12.4. The maximum atomic E-state index is 12.4. The first-order valence-electron chi connectivity index (χ1n) is 9.93. The summed E-state index contributed by atoms with van der Waals surface area (Å²) in [5.74, 6) is 0.238. The second-order valence-electron chi connectivity index (χ2n) is 7.11. The fourth-order valence-corrected chi connectivity index (χ4v) is 4.20. The van der Waals surface area contributed by atoms with Crippen LogP contribution >= 0.6 is 11.3 Å². The van der Waals surface area contributed by atoms with E-state index in [1.165, 1.54) is 11.3 Å². The predicted octanol–water partition coefficient (Wildman–Crippen LogP) is 3.92. The number of thiophene rings is 1. The van der Waals surface area contributed by atoms with Crippen LogP contribution in [0.3, 0.4) is 0 Å². The van der Waals surface area contributed by atoms with Gasteiger partial charge in [-0.25, -0.2) is 0 Å². The molecule has 0 aliphatic heterocycles. The van der Waals surface area contributed by atoms with Gasteiger partial charge >= 0.3 is 0 Å². The highest BCUT2D eigenvalue weighted by molar-refractivity contribution is 7.08. The van der Waals surface area contributed by atoms with Gasteiger partial charge in [-0.3, -0.25) is 9.59 Å². The Hall–Kier alpha value is -3.58. The molecule has 0 bridgehead atoms. The summed E-state index contributed by atoms with van der Waals surface area (Å²) < 4.78 is 5.28. The highest BCUT2D eigenvalue weighted by atomic mass is 32.1. The van der Waals surface area contributed by atoms with Crippen molar-refractivity contribution >= 4 is 34.1 Å². The first kappa shape index (κ1) is 20.7. The molecule has 0 aliphatic carbocycles. The number of fused-ring (bicyclic) bond motifs is 1. The van der Waals surface area contributed by atoms with Crippen LogP contribution in [-0.2, 0) is 4.79 Å². The molecule has 4 aromatic rings. The summed E-state index contributed by atoms with van der Waals surface area (Å²) in [6, 6.07) is 17.7. The van der Waals surface area contributed by atoms with E-state index >= 15 is 0 Å². The molecule has 0 saturated heterocycles. The SMILES string of the molecule is COc1ccc(C(CNC(=O)CNC(=O)c2ccsc2)c2c[nH]c3ccccc23)cc1. The summed E-state index contributed by atoms with van der Waals surface area (Å²) in [4.78, 5) is 27.8. The van der Waals surface area contributed by atoms with Crippen LogP contribution in [-0.4, -0.2) is 37.0 Å². The third kappa shape index (κ3) is 4.78. The monoisotopic (exact) mass is 433 g/mol. The van der Waals surface area contributed by atoms with E-state index in [1.807, 2.05) is 54.0 Å². The van der Waals surface area contributed by atoms with Crippen molar-refractivity contribution in [2.24, 2.45) is 0 Å². The lowest BCUT2D eigenvalue weighted by atomic mass is 9.91. The number of H-pyrrole nitrogens is 1. The van der Waals surface area contributed by atoms with Crippen molar-refractivity contribution in [3.63, 3.8) is 0 Å². The molecule has 3 N–H and O–H groups in total. The van der Waals surface area contributed by atoms with E-state index in [4.69, 9.17) is 4.74 Å². The van der Waals surface area contributed by atoms with Crippen molar-refractivity contribution in [3.8, 4) is 5.75 Å². The Morgan fingerprint density at radius 2 is 1.87 bits per heavy atom. The number of benzene rings is 2. The van der Waals surface area contributed by atoms with Gasteiger partial charge in [0.15, 0.2) is 0 Å². The second-order valence-corrected chi connectivity index (χ2v) is 7.89. The van der Waals surface area contributed by atoms with E-state index in [-0.39, 0.29) is 24.3 Å². The molecular weight excluding hydrogens is 410 g/mol. The summed E-state index contributed by atoms with van der Waals surface area (Å²) in [7, 11) is 1.64. The third-order valence-electron chi connectivity index (χ3n) is 5.21. The van der Waals surface area contributed by atoms with Gasteiger partial charge in [-0.05, 0) is 40.8 Å². The Morgan fingerprint density at radius 3 is 2.61 bits per heavy atom. The van der Waals surface area contributed by atoms with Gasteiger partial charge in [0, 0.05) is 40.5 Å². The van der Waals surface area contributed by atoms with Crippen molar-refractivity contribution in [1.82, 2.24) is 15.6 Å². The van der Waals surface area contributed by atoms with Gasteiger partial charge in [0.25, 0.3) is 5.91 Å². The minimum absolute atomic E-state index is 0.0569. The first-order valence-corrected chi connectivity index (χ1v) is 10.9. The molecule has 0 spiro atoms. The molecule has 6 nitrogen and oxygen atoms in total. The molecule has 2 aromatic carbocycles. The summed E-state index contributed by atoms with van der Waals surface area (Å²) in [5, 5.41) is 10.3. The van der Waals surface area contributed by atoms with E-state index in [2.05, 4.69) is 21.7 Å². The van der Waals surface area contributed by atoms with Gasteiger partial charge in [0.05, 0.1) is 13.7 Å². The lowest BCUT2D eigenvalue weighted by molar-refractivity contribution is -0.120. The van der Waals surface area contributed by atoms with E-state index in [9.17, 15) is 9.59 Å². The molecule has 4 rings (SSSR count). The van der Waals surface area contributed by atoms with Gasteiger partial charge < -0.3 is 20.4 Å². The number of hydrogen-bond donors (Lipinski definition) is 3. The van der Waals surface area contributed by atoms with Crippen LogP contribution in [0.1, 0.15) is 27.4 Å². The predicted molar refractivity (Wildman–Crippen MR) is 123 cm³/mol. The normalized spacial score (nSPS) is 11.8. The molecule has 2 aromatic heterocycles. The van der Waals surface area contributed by atoms with Crippen LogP contribution in [0.15, 0.2) is 71.6 Å². The topological polar surface area (TPSA) is 83.2 Å². The zero-order valence-corrected chi connectivity index (χ0v) is 17.9. The van der Waals surface area contributed by atoms with Crippen molar-refractivity contribution < 1.29 is 14.3 Å². The summed E-state index contributed by atoms with van der Waals surface area (Å²) >= 11 is 1.44. The Morgan fingerprint density at radius 1 is 1.06 bits per heavy atom. The van der Waals surface area contributed by atoms with Crippen LogP contribution in [0, 0.1) is 0 Å². The van der Waals surface area contributed by atoms with Gasteiger partial charge in [-0.2, -0.15) is 11.3 Å². The fraction of sp³-hybridized carbons (Fsp3) is 0.167. The van der Waals surface area contributed by atoms with E-state index in [0.29, 0.717) is 12.1 Å². The summed E-state index contributed by atoms with van der Waals surface area (Å²) in [6.07, 6.45) is 1.99. The quantitative estimate of drug-likeness (QED) is 0.394. The fourth-order valence-electron chi connectivity index (χ4n) is 3.56. The minimum atomic E-state index is -0.250. The number of carbonyl (C=O) groups excluding carboxylic acids is 2. The molecule has 0 saturated carbocycles. The Labute approximate surface area is 184 Å². The molecule has 1 atom stereocenters. The van der Waals surface area contributed by atoms with Crippen LogP contribution in [0.25, 0.3) is 10.9 Å². The molecule has 1 unspecified atom stereocenters. The molecule has 2 heterocycles. The number of rotatable bonds is 8. The standard InChI is InChI=1S/C24H23N3O3S/c1-30-18-8-6-16(7-9-18)20(21-13-25-22-5-3-2-4-19(21)22)12-26-23(28)14-27-24(29)17-10-11-31-15-17/h2-11,13,15,20,25H,12,14H2,1H3,(H,26,28)(H,27,29). The molecule has 2 amide bonds. The number of carbonyl (C=O) groups is 2. The third-order valence-corrected chi connectivity index (χ3v) is 5.89. The number of hydrogen-bond acceptors (Lipinski definition) is 4. The molecule has 0 aliphatic rings. The zero-order chi connectivity index (χ0) is 21.6. The van der Waals surface area contributed by atoms with Gasteiger partial charge in [0.1, 0.15) is 5.75 Å². The highest BCUT2D eigenvalue weighted by Gasteiger charge is 2.19. The van der Waals surface area contributed by atoms with Crippen LogP contribution in [0.4, 0.5) is 0 Å². The average Bonchev–Trinajstić information content (AvgIpc) is 3.49. The van der Waals surface area contributed by atoms with Crippen molar-refractivity contribution in [2.45, 2.75) is 5.92 Å². The number of aromatic amines is 1. The average molecular weight is 434 g/mol. The highest BCUT2D eigenvalue weighted by Crippen LogP contribution is 2.31. The summed E-state index contributed by atoms with van der Waals surface area (Å²) in [5.41, 5.74) is 3.77. The molecule has 0 radical (unpaired) electrons. The minimum Gasteiger partial charge on any atom is -0.497 e. The second kappa shape index (κ2) is 9.49.